The van der Waals surface area contributed by atoms with Crippen molar-refractivity contribution in [1.29, 1.82) is 0 Å². The van der Waals surface area contributed by atoms with Crippen LogP contribution in [0.1, 0.15) is 15.4 Å². The molecule has 0 aliphatic carbocycles. The summed E-state index contributed by atoms with van der Waals surface area (Å²) in [4.78, 5) is 21.4. The topological polar surface area (TPSA) is 62.2 Å². The molecule has 1 saturated heterocycles. The van der Waals surface area contributed by atoms with Gasteiger partial charge in [0.05, 0.1) is 5.69 Å². The first-order valence-corrected chi connectivity index (χ1v) is 7.27. The summed E-state index contributed by atoms with van der Waals surface area (Å²) in [6.45, 7) is 4.82. The fourth-order valence-corrected chi connectivity index (χ4v) is 2.88. The first kappa shape index (κ1) is 13.0. The SMILES string of the molecule is Cc1nnsc1C(=O)N1CCN(c2ccccn2)CC1. The number of piperazine rings is 1. The first-order chi connectivity index (χ1) is 9.75. The number of amides is 1. The normalized spacial score (nSPS) is 15.4. The van der Waals surface area contributed by atoms with Crippen molar-refractivity contribution in [3.63, 3.8) is 0 Å². The highest BCUT2D eigenvalue weighted by Crippen LogP contribution is 2.17. The maximum absolute atomic E-state index is 12.3. The van der Waals surface area contributed by atoms with Crippen LogP contribution in [0.2, 0.25) is 0 Å². The van der Waals surface area contributed by atoms with Crippen molar-refractivity contribution >= 4 is 23.3 Å². The van der Waals surface area contributed by atoms with Crippen molar-refractivity contribution < 1.29 is 4.79 Å². The van der Waals surface area contributed by atoms with Crippen LogP contribution in [0.15, 0.2) is 24.4 Å². The fraction of sp³-hybridized carbons (Fsp3) is 0.385. The molecule has 3 rings (SSSR count). The van der Waals surface area contributed by atoms with E-state index in [2.05, 4.69) is 19.5 Å². The van der Waals surface area contributed by atoms with E-state index in [0.717, 1.165) is 18.9 Å². The molecule has 20 heavy (non-hydrogen) atoms. The molecule has 0 aromatic carbocycles. The van der Waals surface area contributed by atoms with Crippen LogP contribution in [0.3, 0.4) is 0 Å². The van der Waals surface area contributed by atoms with E-state index in [0.29, 0.717) is 23.7 Å². The van der Waals surface area contributed by atoms with Crippen LogP contribution in [0.5, 0.6) is 0 Å². The van der Waals surface area contributed by atoms with Crippen molar-refractivity contribution in [3.8, 4) is 0 Å². The third-order valence-corrected chi connectivity index (χ3v) is 4.20. The van der Waals surface area contributed by atoms with Gasteiger partial charge >= 0.3 is 0 Å². The molecule has 7 heteroatoms. The largest absolute Gasteiger partial charge is 0.353 e. The van der Waals surface area contributed by atoms with E-state index in [1.54, 1.807) is 6.20 Å². The molecule has 1 aliphatic rings. The van der Waals surface area contributed by atoms with Crippen LogP contribution < -0.4 is 4.90 Å². The van der Waals surface area contributed by atoms with Gasteiger partial charge in [0.2, 0.25) is 0 Å². The summed E-state index contributed by atoms with van der Waals surface area (Å²) < 4.78 is 3.82. The zero-order chi connectivity index (χ0) is 13.9. The smallest absolute Gasteiger partial charge is 0.267 e. The molecule has 0 bridgehead atoms. The predicted molar refractivity (Wildman–Crippen MR) is 77.0 cm³/mol. The second-order valence-electron chi connectivity index (χ2n) is 4.65. The van der Waals surface area contributed by atoms with Gasteiger partial charge in [-0.3, -0.25) is 4.79 Å². The van der Waals surface area contributed by atoms with Crippen LogP contribution in [-0.2, 0) is 0 Å². The zero-order valence-corrected chi connectivity index (χ0v) is 12.0. The summed E-state index contributed by atoms with van der Waals surface area (Å²) >= 11 is 1.17. The number of aromatic nitrogens is 3. The quantitative estimate of drug-likeness (QED) is 0.831. The number of pyridine rings is 1. The van der Waals surface area contributed by atoms with Crippen molar-refractivity contribution in [1.82, 2.24) is 19.5 Å². The summed E-state index contributed by atoms with van der Waals surface area (Å²) in [6, 6.07) is 5.88. The Morgan fingerprint density at radius 3 is 2.65 bits per heavy atom. The third kappa shape index (κ3) is 2.49. The van der Waals surface area contributed by atoms with E-state index in [-0.39, 0.29) is 5.91 Å². The van der Waals surface area contributed by atoms with Crippen molar-refractivity contribution in [2.45, 2.75) is 6.92 Å². The van der Waals surface area contributed by atoms with Gasteiger partial charge in [0.25, 0.3) is 5.91 Å². The number of aryl methyl sites for hydroxylation is 1. The Bertz CT molecular complexity index is 592. The number of carbonyl (C=O) groups excluding carboxylic acids is 1. The minimum absolute atomic E-state index is 0.0400. The maximum Gasteiger partial charge on any atom is 0.267 e. The lowest BCUT2D eigenvalue weighted by Gasteiger charge is -2.35. The first-order valence-electron chi connectivity index (χ1n) is 6.50. The summed E-state index contributed by atoms with van der Waals surface area (Å²) in [5, 5.41) is 3.90. The monoisotopic (exact) mass is 289 g/mol. The van der Waals surface area contributed by atoms with Gasteiger partial charge in [0, 0.05) is 32.4 Å². The lowest BCUT2D eigenvalue weighted by Crippen LogP contribution is -2.49. The Hall–Kier alpha value is -2.02. The molecule has 0 spiro atoms. The summed E-state index contributed by atoms with van der Waals surface area (Å²) in [5.74, 6) is 1.01. The Balaban J connectivity index is 1.64. The average molecular weight is 289 g/mol. The molecule has 0 saturated carbocycles. The lowest BCUT2D eigenvalue weighted by atomic mass is 10.2. The average Bonchev–Trinajstić information content (AvgIpc) is 2.94. The molecule has 6 nitrogen and oxygen atoms in total. The molecule has 0 unspecified atom stereocenters. The number of carbonyl (C=O) groups is 1. The maximum atomic E-state index is 12.3. The molecule has 1 amide bonds. The molecule has 0 atom stereocenters. The molecular weight excluding hydrogens is 274 g/mol. The third-order valence-electron chi connectivity index (χ3n) is 3.39. The van der Waals surface area contributed by atoms with Gasteiger partial charge in [0.1, 0.15) is 10.7 Å². The van der Waals surface area contributed by atoms with Gasteiger partial charge in [-0.15, -0.1) is 5.10 Å². The van der Waals surface area contributed by atoms with Gasteiger partial charge in [-0.2, -0.15) is 0 Å². The minimum atomic E-state index is 0.0400. The van der Waals surface area contributed by atoms with E-state index >= 15 is 0 Å². The van der Waals surface area contributed by atoms with Crippen LogP contribution in [-0.4, -0.2) is 51.6 Å². The summed E-state index contributed by atoms with van der Waals surface area (Å²) in [6.07, 6.45) is 1.79. The molecule has 0 radical (unpaired) electrons. The van der Waals surface area contributed by atoms with Crippen LogP contribution >= 0.6 is 11.5 Å². The molecular formula is C13H15N5OS. The number of anilines is 1. The van der Waals surface area contributed by atoms with Crippen LogP contribution in [0.25, 0.3) is 0 Å². The van der Waals surface area contributed by atoms with Crippen LogP contribution in [0, 0.1) is 6.92 Å². The standard InChI is InChI=1S/C13H15N5OS/c1-10-12(20-16-15-10)13(19)18-8-6-17(7-9-18)11-4-2-3-5-14-11/h2-5H,6-9H2,1H3. The van der Waals surface area contributed by atoms with E-state index < -0.39 is 0 Å². The van der Waals surface area contributed by atoms with E-state index in [4.69, 9.17) is 0 Å². The lowest BCUT2D eigenvalue weighted by molar-refractivity contribution is 0.0750. The molecule has 2 aromatic heterocycles. The number of nitrogens with zero attached hydrogens (tertiary/aromatic N) is 5. The summed E-state index contributed by atoms with van der Waals surface area (Å²) in [7, 11) is 0. The molecule has 104 valence electrons. The molecule has 3 heterocycles. The van der Waals surface area contributed by atoms with Gasteiger partial charge < -0.3 is 9.80 Å². The number of hydrogen-bond acceptors (Lipinski definition) is 6. The van der Waals surface area contributed by atoms with Gasteiger partial charge in [-0.25, -0.2) is 4.98 Å². The highest BCUT2D eigenvalue weighted by Gasteiger charge is 2.25. The molecule has 0 N–H and O–H groups in total. The fourth-order valence-electron chi connectivity index (χ4n) is 2.25. The van der Waals surface area contributed by atoms with Crippen LogP contribution in [0.4, 0.5) is 5.82 Å². The minimum Gasteiger partial charge on any atom is -0.353 e. The Kier molecular flexibility index (Phi) is 3.60. The molecule has 1 fully saturated rings. The van der Waals surface area contributed by atoms with Crippen molar-refractivity contribution in [2.75, 3.05) is 31.1 Å². The number of rotatable bonds is 2. The summed E-state index contributed by atoms with van der Waals surface area (Å²) in [5.41, 5.74) is 0.715. The molecule has 2 aromatic rings. The van der Waals surface area contributed by atoms with Crippen molar-refractivity contribution in [2.24, 2.45) is 0 Å². The Morgan fingerprint density at radius 1 is 1.25 bits per heavy atom. The second-order valence-corrected chi connectivity index (χ2v) is 5.41. The molecule has 1 aliphatic heterocycles. The van der Waals surface area contributed by atoms with Crippen molar-refractivity contribution in [3.05, 3.63) is 35.0 Å². The highest BCUT2D eigenvalue weighted by molar-refractivity contribution is 7.07. The number of hydrogen-bond donors (Lipinski definition) is 0. The van der Waals surface area contributed by atoms with Gasteiger partial charge in [-0.1, -0.05) is 10.6 Å². The predicted octanol–water partition coefficient (Wildman–Crippen LogP) is 1.20. The van der Waals surface area contributed by atoms with Gasteiger partial charge in [0.15, 0.2) is 0 Å². The highest BCUT2D eigenvalue weighted by atomic mass is 32.1. The second kappa shape index (κ2) is 5.54. The zero-order valence-electron chi connectivity index (χ0n) is 11.2. The van der Waals surface area contributed by atoms with Gasteiger partial charge in [-0.05, 0) is 30.6 Å². The van der Waals surface area contributed by atoms with E-state index in [1.165, 1.54) is 11.5 Å². The van der Waals surface area contributed by atoms with E-state index in [1.807, 2.05) is 30.0 Å². The Labute approximate surface area is 121 Å². The van der Waals surface area contributed by atoms with E-state index in [9.17, 15) is 4.79 Å². The Morgan fingerprint density at radius 2 is 2.05 bits per heavy atom.